The molecule has 9 nitrogen and oxygen atoms in total. The van der Waals surface area contributed by atoms with Crippen molar-refractivity contribution in [3.8, 4) is 0 Å². The molecule has 0 saturated carbocycles. The molecule has 2 heterocycles. The number of carbonyl (C=O) groups is 3. The Morgan fingerprint density at radius 3 is 2.22 bits per heavy atom. The highest BCUT2D eigenvalue weighted by Crippen LogP contribution is 2.21. The van der Waals surface area contributed by atoms with Gasteiger partial charge in [0.1, 0.15) is 6.54 Å². The third-order valence-corrected chi connectivity index (χ3v) is 6.55. The predicted molar refractivity (Wildman–Crippen MR) is 95.9 cm³/mol. The molecule has 1 aromatic carbocycles. The van der Waals surface area contributed by atoms with Gasteiger partial charge in [-0.15, -0.1) is 0 Å². The highest BCUT2D eigenvalue weighted by molar-refractivity contribution is 7.89. The van der Waals surface area contributed by atoms with Crippen LogP contribution >= 0.6 is 0 Å². The van der Waals surface area contributed by atoms with E-state index in [2.05, 4.69) is 10.9 Å². The van der Waals surface area contributed by atoms with E-state index in [1.165, 1.54) is 33.5 Å². The minimum Gasteiger partial charge on any atom is -0.333 e. The van der Waals surface area contributed by atoms with Crippen molar-refractivity contribution < 1.29 is 22.8 Å². The zero-order valence-corrected chi connectivity index (χ0v) is 15.6. The first kappa shape index (κ1) is 19.3. The standard InChI is InChI=1S/C17H22N4O5S/c22-15(12-20-9-3-4-16(20)23)18-19-17(24)13-5-7-14(8-6-13)27(25,26)21-10-1-2-11-21/h5-8H,1-4,9-12H2,(H,18,22)(H,19,24). The van der Waals surface area contributed by atoms with E-state index < -0.39 is 21.8 Å². The summed E-state index contributed by atoms with van der Waals surface area (Å²) in [5.74, 6) is -1.14. The summed E-state index contributed by atoms with van der Waals surface area (Å²) in [5.41, 5.74) is 4.74. The molecule has 0 aliphatic carbocycles. The number of carbonyl (C=O) groups excluding carboxylic acids is 3. The lowest BCUT2D eigenvalue weighted by molar-refractivity contribution is -0.133. The summed E-state index contributed by atoms with van der Waals surface area (Å²) in [6.45, 7) is 1.45. The number of nitrogens with zero attached hydrogens (tertiary/aromatic N) is 2. The fourth-order valence-corrected chi connectivity index (χ4v) is 4.66. The molecule has 0 atom stereocenters. The van der Waals surface area contributed by atoms with Crippen molar-refractivity contribution in [1.82, 2.24) is 20.1 Å². The van der Waals surface area contributed by atoms with Gasteiger partial charge in [0.2, 0.25) is 15.9 Å². The molecule has 146 valence electrons. The molecule has 1 aromatic rings. The second kappa shape index (κ2) is 8.05. The maximum atomic E-state index is 12.5. The third-order valence-electron chi connectivity index (χ3n) is 4.64. The van der Waals surface area contributed by atoms with Gasteiger partial charge in [-0.3, -0.25) is 25.2 Å². The van der Waals surface area contributed by atoms with Gasteiger partial charge in [0.05, 0.1) is 4.90 Å². The lowest BCUT2D eigenvalue weighted by Gasteiger charge is -2.16. The van der Waals surface area contributed by atoms with Crippen LogP contribution in [0.5, 0.6) is 0 Å². The van der Waals surface area contributed by atoms with Crippen molar-refractivity contribution in [3.63, 3.8) is 0 Å². The van der Waals surface area contributed by atoms with Gasteiger partial charge >= 0.3 is 0 Å². The van der Waals surface area contributed by atoms with Gasteiger partial charge in [0.15, 0.2) is 0 Å². The van der Waals surface area contributed by atoms with Gasteiger partial charge < -0.3 is 4.90 Å². The molecule has 2 saturated heterocycles. The molecule has 0 aromatic heterocycles. The van der Waals surface area contributed by atoms with E-state index in [1.807, 2.05) is 0 Å². The van der Waals surface area contributed by atoms with Crippen LogP contribution in [0.25, 0.3) is 0 Å². The topological polar surface area (TPSA) is 116 Å². The van der Waals surface area contributed by atoms with Crippen LogP contribution in [0.3, 0.4) is 0 Å². The van der Waals surface area contributed by atoms with Crippen LogP contribution < -0.4 is 10.9 Å². The summed E-state index contributed by atoms with van der Waals surface area (Å²) in [6.07, 6.45) is 2.86. The normalized spacial score (nSPS) is 17.9. The summed E-state index contributed by atoms with van der Waals surface area (Å²) in [7, 11) is -3.53. The summed E-state index contributed by atoms with van der Waals surface area (Å²) in [6, 6.07) is 5.56. The van der Waals surface area contributed by atoms with E-state index in [9.17, 15) is 22.8 Å². The van der Waals surface area contributed by atoms with E-state index in [-0.39, 0.29) is 22.9 Å². The van der Waals surface area contributed by atoms with Gasteiger partial charge in [-0.1, -0.05) is 0 Å². The lowest BCUT2D eigenvalue weighted by atomic mass is 10.2. The Morgan fingerprint density at radius 2 is 1.63 bits per heavy atom. The molecule has 0 bridgehead atoms. The third kappa shape index (κ3) is 4.45. The number of hydrogen-bond donors (Lipinski definition) is 2. The first-order valence-electron chi connectivity index (χ1n) is 8.85. The fourth-order valence-electron chi connectivity index (χ4n) is 3.14. The number of nitrogens with one attached hydrogen (secondary N) is 2. The Balaban J connectivity index is 1.54. The van der Waals surface area contributed by atoms with Crippen molar-refractivity contribution in [1.29, 1.82) is 0 Å². The van der Waals surface area contributed by atoms with Crippen molar-refractivity contribution in [2.45, 2.75) is 30.6 Å². The highest BCUT2D eigenvalue weighted by atomic mass is 32.2. The van der Waals surface area contributed by atoms with Crippen LogP contribution in [0.1, 0.15) is 36.0 Å². The highest BCUT2D eigenvalue weighted by Gasteiger charge is 2.27. The molecule has 2 N–H and O–H groups in total. The monoisotopic (exact) mass is 394 g/mol. The minimum absolute atomic E-state index is 0.0775. The van der Waals surface area contributed by atoms with Gasteiger partial charge in [-0.25, -0.2) is 8.42 Å². The number of likely N-dealkylation sites (tertiary alicyclic amines) is 1. The van der Waals surface area contributed by atoms with Crippen molar-refractivity contribution >= 4 is 27.7 Å². The second-order valence-electron chi connectivity index (χ2n) is 6.56. The van der Waals surface area contributed by atoms with E-state index in [0.717, 1.165) is 19.3 Å². The first-order valence-corrected chi connectivity index (χ1v) is 10.3. The Kier molecular flexibility index (Phi) is 5.76. The average molecular weight is 394 g/mol. The van der Waals surface area contributed by atoms with E-state index >= 15 is 0 Å². The molecule has 3 amide bonds. The van der Waals surface area contributed by atoms with Crippen LogP contribution in [0, 0.1) is 0 Å². The van der Waals surface area contributed by atoms with Crippen LogP contribution in [-0.4, -0.2) is 61.5 Å². The molecule has 0 radical (unpaired) electrons. The number of amides is 3. The summed E-state index contributed by atoms with van der Waals surface area (Å²) >= 11 is 0. The SMILES string of the molecule is O=C(CN1CCCC1=O)NNC(=O)c1ccc(S(=O)(=O)N2CCCC2)cc1. The molecule has 2 aliphatic rings. The van der Waals surface area contributed by atoms with E-state index in [4.69, 9.17) is 0 Å². The Labute approximate surface area is 157 Å². The number of benzene rings is 1. The van der Waals surface area contributed by atoms with Crippen molar-refractivity contribution in [2.75, 3.05) is 26.2 Å². The van der Waals surface area contributed by atoms with Crippen LogP contribution in [0.4, 0.5) is 0 Å². The zero-order valence-electron chi connectivity index (χ0n) is 14.8. The largest absolute Gasteiger partial charge is 0.333 e. The van der Waals surface area contributed by atoms with Gasteiger partial charge in [-0.05, 0) is 43.5 Å². The maximum Gasteiger partial charge on any atom is 0.269 e. The molecule has 2 fully saturated rings. The second-order valence-corrected chi connectivity index (χ2v) is 8.49. The summed E-state index contributed by atoms with van der Waals surface area (Å²) in [5, 5.41) is 0. The van der Waals surface area contributed by atoms with Crippen molar-refractivity contribution in [2.24, 2.45) is 0 Å². The Morgan fingerprint density at radius 1 is 0.963 bits per heavy atom. The minimum atomic E-state index is -3.53. The fraction of sp³-hybridized carbons (Fsp3) is 0.471. The molecule has 10 heteroatoms. The van der Waals surface area contributed by atoms with Gasteiger partial charge in [0, 0.05) is 31.6 Å². The molecular weight excluding hydrogens is 372 g/mol. The van der Waals surface area contributed by atoms with Crippen LogP contribution in [0.2, 0.25) is 0 Å². The van der Waals surface area contributed by atoms with Crippen LogP contribution in [0.15, 0.2) is 29.2 Å². The number of rotatable bonds is 5. The lowest BCUT2D eigenvalue weighted by Crippen LogP contribution is -2.46. The molecule has 0 spiro atoms. The molecule has 27 heavy (non-hydrogen) atoms. The van der Waals surface area contributed by atoms with E-state index in [1.54, 1.807) is 0 Å². The quantitative estimate of drug-likeness (QED) is 0.674. The summed E-state index contributed by atoms with van der Waals surface area (Å²) < 4.78 is 26.3. The smallest absolute Gasteiger partial charge is 0.269 e. The predicted octanol–water partition coefficient (Wildman–Crippen LogP) is -0.145. The molecule has 2 aliphatic heterocycles. The summed E-state index contributed by atoms with van der Waals surface area (Å²) in [4.78, 5) is 37.0. The number of sulfonamides is 1. The Hall–Kier alpha value is -2.46. The number of hydrogen-bond acceptors (Lipinski definition) is 5. The van der Waals surface area contributed by atoms with Gasteiger partial charge in [-0.2, -0.15) is 4.31 Å². The first-order chi connectivity index (χ1) is 12.9. The zero-order chi connectivity index (χ0) is 19.4. The molecule has 0 unspecified atom stereocenters. The molecule has 3 rings (SSSR count). The van der Waals surface area contributed by atoms with Crippen molar-refractivity contribution in [3.05, 3.63) is 29.8 Å². The van der Waals surface area contributed by atoms with Crippen LogP contribution in [-0.2, 0) is 19.6 Å². The average Bonchev–Trinajstić information content (AvgIpc) is 3.33. The van der Waals surface area contributed by atoms with Gasteiger partial charge in [0.25, 0.3) is 11.8 Å². The Bertz CT molecular complexity index is 831. The van der Waals surface area contributed by atoms with E-state index in [0.29, 0.717) is 26.1 Å². The molecular formula is C17H22N4O5S. The number of hydrazine groups is 1. The maximum absolute atomic E-state index is 12.5.